The van der Waals surface area contributed by atoms with Gasteiger partial charge in [0.1, 0.15) is 12.3 Å². The number of anilines is 2. The van der Waals surface area contributed by atoms with Gasteiger partial charge in [0, 0.05) is 49.3 Å². The Morgan fingerprint density at radius 3 is 2.60 bits per heavy atom. The first-order chi connectivity index (χ1) is 17.0. The van der Waals surface area contributed by atoms with Gasteiger partial charge in [0.05, 0.1) is 5.69 Å². The summed E-state index contributed by atoms with van der Waals surface area (Å²) in [6.45, 7) is 0.280. The number of carbonyl (C=O) groups is 2. The number of aromatic amines is 1. The second-order valence-corrected chi connectivity index (χ2v) is 8.87. The lowest BCUT2D eigenvalue weighted by Crippen LogP contribution is -2.45. The van der Waals surface area contributed by atoms with Crippen molar-refractivity contribution < 1.29 is 14.3 Å². The number of rotatable bonds is 7. The molecule has 2 heterocycles. The molecule has 1 aliphatic rings. The van der Waals surface area contributed by atoms with E-state index in [1.165, 1.54) is 4.90 Å². The molecule has 4 aromatic rings. The van der Waals surface area contributed by atoms with Crippen molar-refractivity contribution in [3.8, 4) is 5.75 Å². The Labute approximate surface area is 204 Å². The minimum Gasteiger partial charge on any atom is -0.482 e. The standard InChI is InChI=1S/C28H28N4O3/c1-31(2)20-13-11-19(12-14-20)22(23-16-29-24-8-4-3-7-21(23)24)15-30-27(33)17-32-25-9-5-6-10-26(25)35-18-28(32)34/h3-14,16,22,29H,15,17-18H2,1-2H3,(H,30,33)/t22-/m1/s1. The molecule has 0 spiro atoms. The van der Waals surface area contributed by atoms with Crippen molar-refractivity contribution in [2.75, 3.05) is 43.6 Å². The predicted octanol–water partition coefficient (Wildman–Crippen LogP) is 3.91. The lowest BCUT2D eigenvalue weighted by Gasteiger charge is -2.29. The van der Waals surface area contributed by atoms with Gasteiger partial charge in [-0.1, -0.05) is 42.5 Å². The number of hydrogen-bond donors (Lipinski definition) is 2. The maximum atomic E-state index is 13.0. The molecule has 0 radical (unpaired) electrons. The molecule has 2 N–H and O–H groups in total. The Bertz CT molecular complexity index is 1360. The zero-order chi connectivity index (χ0) is 24.4. The number of nitrogens with zero attached hydrogens (tertiary/aromatic N) is 2. The van der Waals surface area contributed by atoms with Crippen LogP contribution in [-0.2, 0) is 9.59 Å². The molecule has 1 atom stereocenters. The molecule has 5 rings (SSSR count). The lowest BCUT2D eigenvalue weighted by molar-refractivity contribution is -0.125. The maximum Gasteiger partial charge on any atom is 0.265 e. The van der Waals surface area contributed by atoms with Crippen molar-refractivity contribution in [3.05, 3.63) is 90.1 Å². The van der Waals surface area contributed by atoms with Crippen LogP contribution in [0.1, 0.15) is 17.0 Å². The normalized spacial score (nSPS) is 13.8. The van der Waals surface area contributed by atoms with E-state index >= 15 is 0 Å². The molecule has 0 bridgehead atoms. The molecule has 0 unspecified atom stereocenters. The van der Waals surface area contributed by atoms with Gasteiger partial charge < -0.3 is 19.9 Å². The van der Waals surface area contributed by atoms with Crippen LogP contribution in [0.3, 0.4) is 0 Å². The number of benzene rings is 3. The number of hydrogen-bond acceptors (Lipinski definition) is 4. The third-order valence-corrected chi connectivity index (χ3v) is 6.42. The van der Waals surface area contributed by atoms with E-state index in [0.29, 0.717) is 18.0 Å². The van der Waals surface area contributed by atoms with Crippen LogP contribution < -0.4 is 19.9 Å². The van der Waals surface area contributed by atoms with E-state index in [9.17, 15) is 9.59 Å². The van der Waals surface area contributed by atoms with E-state index in [-0.39, 0.29) is 30.9 Å². The molecule has 35 heavy (non-hydrogen) atoms. The van der Waals surface area contributed by atoms with E-state index in [1.807, 2.05) is 50.6 Å². The minimum atomic E-state index is -0.230. The van der Waals surface area contributed by atoms with Crippen LogP contribution in [0.25, 0.3) is 10.9 Å². The lowest BCUT2D eigenvalue weighted by atomic mass is 9.90. The van der Waals surface area contributed by atoms with Crippen molar-refractivity contribution in [1.29, 1.82) is 0 Å². The number of amides is 2. The van der Waals surface area contributed by atoms with Crippen LogP contribution >= 0.6 is 0 Å². The highest BCUT2D eigenvalue weighted by molar-refractivity contribution is 6.02. The topological polar surface area (TPSA) is 77.7 Å². The minimum absolute atomic E-state index is 0.0562. The molecule has 0 saturated heterocycles. The van der Waals surface area contributed by atoms with Crippen LogP contribution in [0, 0.1) is 0 Å². The smallest absolute Gasteiger partial charge is 0.265 e. The monoisotopic (exact) mass is 468 g/mol. The van der Waals surface area contributed by atoms with Gasteiger partial charge in [-0.3, -0.25) is 14.5 Å². The second-order valence-electron chi connectivity index (χ2n) is 8.87. The number of nitrogens with one attached hydrogen (secondary N) is 2. The SMILES string of the molecule is CN(C)c1ccc([C@@H](CNC(=O)CN2C(=O)COc3ccccc32)c2c[nH]c3ccccc23)cc1. The summed E-state index contributed by atoms with van der Waals surface area (Å²) < 4.78 is 5.49. The zero-order valence-corrected chi connectivity index (χ0v) is 19.8. The summed E-state index contributed by atoms with van der Waals surface area (Å²) in [5.74, 6) is 0.104. The molecule has 2 amide bonds. The number of para-hydroxylation sites is 3. The molecule has 0 fully saturated rings. The van der Waals surface area contributed by atoms with Crippen molar-refractivity contribution in [2.45, 2.75) is 5.92 Å². The van der Waals surface area contributed by atoms with Gasteiger partial charge in [0.2, 0.25) is 5.91 Å². The Balaban J connectivity index is 1.38. The van der Waals surface area contributed by atoms with Gasteiger partial charge in [-0.15, -0.1) is 0 Å². The number of ether oxygens (including phenoxy) is 1. The Kier molecular flexibility index (Phi) is 6.14. The van der Waals surface area contributed by atoms with Gasteiger partial charge >= 0.3 is 0 Å². The summed E-state index contributed by atoms with van der Waals surface area (Å²) in [5.41, 5.74) is 5.00. The van der Waals surface area contributed by atoms with Gasteiger partial charge in [-0.05, 0) is 41.5 Å². The number of carbonyl (C=O) groups excluding carboxylic acids is 2. The van der Waals surface area contributed by atoms with Crippen molar-refractivity contribution >= 4 is 34.1 Å². The summed E-state index contributed by atoms with van der Waals surface area (Å²) >= 11 is 0. The maximum absolute atomic E-state index is 13.0. The van der Waals surface area contributed by atoms with Gasteiger partial charge in [-0.25, -0.2) is 0 Å². The van der Waals surface area contributed by atoms with E-state index < -0.39 is 0 Å². The third kappa shape index (κ3) is 4.57. The van der Waals surface area contributed by atoms with Crippen LogP contribution in [0.4, 0.5) is 11.4 Å². The molecule has 178 valence electrons. The Hall–Kier alpha value is -4.26. The molecular weight excluding hydrogens is 440 g/mol. The first-order valence-electron chi connectivity index (χ1n) is 11.6. The molecular formula is C28H28N4O3. The van der Waals surface area contributed by atoms with E-state index in [4.69, 9.17) is 4.74 Å². The van der Waals surface area contributed by atoms with Crippen LogP contribution in [0.2, 0.25) is 0 Å². The molecule has 7 nitrogen and oxygen atoms in total. The largest absolute Gasteiger partial charge is 0.482 e. The predicted molar refractivity (Wildman–Crippen MR) is 138 cm³/mol. The van der Waals surface area contributed by atoms with Gasteiger partial charge in [0.25, 0.3) is 5.91 Å². The summed E-state index contributed by atoms with van der Waals surface area (Å²) in [4.78, 5) is 32.4. The average molecular weight is 469 g/mol. The van der Waals surface area contributed by atoms with Crippen LogP contribution in [0.15, 0.2) is 79.0 Å². The van der Waals surface area contributed by atoms with E-state index in [0.717, 1.165) is 27.7 Å². The molecule has 1 aromatic heterocycles. The Morgan fingerprint density at radius 1 is 1.06 bits per heavy atom. The number of H-pyrrole nitrogens is 1. The first-order valence-corrected chi connectivity index (χ1v) is 11.6. The van der Waals surface area contributed by atoms with Crippen molar-refractivity contribution in [3.63, 3.8) is 0 Å². The van der Waals surface area contributed by atoms with Gasteiger partial charge in [0.15, 0.2) is 6.61 Å². The molecule has 3 aromatic carbocycles. The summed E-state index contributed by atoms with van der Waals surface area (Å²) in [5, 5.41) is 4.20. The fourth-order valence-corrected chi connectivity index (χ4v) is 4.54. The van der Waals surface area contributed by atoms with Gasteiger partial charge in [-0.2, -0.15) is 0 Å². The number of aromatic nitrogens is 1. The summed E-state index contributed by atoms with van der Waals surface area (Å²) in [7, 11) is 4.02. The highest BCUT2D eigenvalue weighted by atomic mass is 16.5. The van der Waals surface area contributed by atoms with E-state index in [2.05, 4.69) is 45.5 Å². The highest BCUT2D eigenvalue weighted by Gasteiger charge is 2.27. The molecule has 1 aliphatic heterocycles. The fraction of sp³-hybridized carbons (Fsp3) is 0.214. The fourth-order valence-electron chi connectivity index (χ4n) is 4.54. The summed E-state index contributed by atoms with van der Waals surface area (Å²) in [6, 6.07) is 23.8. The third-order valence-electron chi connectivity index (χ3n) is 6.42. The Morgan fingerprint density at radius 2 is 1.80 bits per heavy atom. The summed E-state index contributed by atoms with van der Waals surface area (Å²) in [6.07, 6.45) is 2.02. The van der Waals surface area contributed by atoms with Crippen LogP contribution in [-0.4, -0.2) is 50.6 Å². The first kappa shape index (κ1) is 22.5. The molecule has 0 aliphatic carbocycles. The average Bonchev–Trinajstić information content (AvgIpc) is 3.30. The quantitative estimate of drug-likeness (QED) is 0.431. The zero-order valence-electron chi connectivity index (χ0n) is 19.8. The van der Waals surface area contributed by atoms with Crippen molar-refractivity contribution in [1.82, 2.24) is 10.3 Å². The van der Waals surface area contributed by atoms with Crippen LogP contribution in [0.5, 0.6) is 5.75 Å². The second kappa shape index (κ2) is 9.54. The molecule has 0 saturated carbocycles. The van der Waals surface area contributed by atoms with Crippen molar-refractivity contribution in [2.24, 2.45) is 0 Å². The highest BCUT2D eigenvalue weighted by Crippen LogP contribution is 2.33. The molecule has 7 heteroatoms. The van der Waals surface area contributed by atoms with E-state index in [1.54, 1.807) is 12.1 Å². The number of fused-ring (bicyclic) bond motifs is 2.